The number of anilines is 1. The number of benzene rings is 1. The molecule has 0 radical (unpaired) electrons. The van der Waals surface area contributed by atoms with Crippen LogP contribution in [0.5, 0.6) is 0 Å². The summed E-state index contributed by atoms with van der Waals surface area (Å²) in [4.78, 5) is 20.5. The quantitative estimate of drug-likeness (QED) is 0.535. The van der Waals surface area contributed by atoms with E-state index in [0.29, 0.717) is 12.5 Å². The molecule has 1 rings (SSSR count). The fourth-order valence-corrected chi connectivity index (χ4v) is 1.44. The second-order valence-electron chi connectivity index (χ2n) is 3.98. The number of nitro benzene ring substituents is 1. The van der Waals surface area contributed by atoms with Gasteiger partial charge >= 0.3 is 5.97 Å². The van der Waals surface area contributed by atoms with Gasteiger partial charge in [0.25, 0.3) is 5.69 Å². The summed E-state index contributed by atoms with van der Waals surface area (Å²) >= 11 is 0. The zero-order valence-electron chi connectivity index (χ0n) is 10.1. The number of hydrogen-bond donors (Lipinski definition) is 3. The minimum atomic E-state index is -1.51. The number of halogens is 1. The van der Waals surface area contributed by atoms with Crippen molar-refractivity contribution in [1.29, 1.82) is 0 Å². The average Bonchev–Trinajstić information content (AvgIpc) is 2.29. The SMILES string of the molecule is CC(O)CCNc1cc(C(=O)O)c([N+](=O)[O-])cc1F. The van der Waals surface area contributed by atoms with Gasteiger partial charge in [0.1, 0.15) is 5.56 Å². The first kappa shape index (κ1) is 14.8. The van der Waals surface area contributed by atoms with Crippen molar-refractivity contribution in [3.8, 4) is 0 Å². The Morgan fingerprint density at radius 1 is 1.58 bits per heavy atom. The summed E-state index contributed by atoms with van der Waals surface area (Å²) in [6.45, 7) is 1.77. The van der Waals surface area contributed by atoms with Crippen LogP contribution < -0.4 is 5.32 Å². The Bertz CT molecular complexity index is 504. The van der Waals surface area contributed by atoms with Crippen LogP contribution in [0.2, 0.25) is 0 Å². The summed E-state index contributed by atoms with van der Waals surface area (Å²) < 4.78 is 13.6. The number of carbonyl (C=O) groups is 1. The Labute approximate surface area is 107 Å². The number of carboxylic acid groups (broad SMARTS) is 1. The van der Waals surface area contributed by atoms with Crippen molar-refractivity contribution in [3.63, 3.8) is 0 Å². The summed E-state index contributed by atoms with van der Waals surface area (Å²) in [5, 5.41) is 31.1. The lowest BCUT2D eigenvalue weighted by molar-refractivity contribution is -0.385. The van der Waals surface area contributed by atoms with Gasteiger partial charge in [0, 0.05) is 6.54 Å². The third-order valence-corrected chi connectivity index (χ3v) is 2.39. The first-order valence-electron chi connectivity index (χ1n) is 5.46. The van der Waals surface area contributed by atoms with E-state index >= 15 is 0 Å². The largest absolute Gasteiger partial charge is 0.477 e. The highest BCUT2D eigenvalue weighted by Gasteiger charge is 2.23. The van der Waals surface area contributed by atoms with Crippen molar-refractivity contribution in [2.75, 3.05) is 11.9 Å². The van der Waals surface area contributed by atoms with E-state index in [1.165, 1.54) is 0 Å². The smallest absolute Gasteiger partial charge is 0.342 e. The molecule has 0 amide bonds. The number of aromatic carboxylic acids is 1. The van der Waals surface area contributed by atoms with E-state index in [1.807, 2.05) is 0 Å². The van der Waals surface area contributed by atoms with Crippen LogP contribution in [0.1, 0.15) is 23.7 Å². The van der Waals surface area contributed by atoms with Gasteiger partial charge in [-0.25, -0.2) is 9.18 Å². The van der Waals surface area contributed by atoms with Crippen molar-refractivity contribution in [3.05, 3.63) is 33.6 Å². The molecule has 0 bridgehead atoms. The molecule has 8 heteroatoms. The Morgan fingerprint density at radius 2 is 2.21 bits per heavy atom. The Balaban J connectivity index is 3.04. The average molecular weight is 272 g/mol. The van der Waals surface area contributed by atoms with E-state index in [9.17, 15) is 19.3 Å². The van der Waals surface area contributed by atoms with Crippen LogP contribution in [0.15, 0.2) is 12.1 Å². The van der Waals surface area contributed by atoms with Gasteiger partial charge in [-0.3, -0.25) is 10.1 Å². The van der Waals surface area contributed by atoms with Crippen molar-refractivity contribution in [2.24, 2.45) is 0 Å². The summed E-state index contributed by atoms with van der Waals surface area (Å²) in [6, 6.07) is 1.44. The van der Waals surface area contributed by atoms with E-state index in [4.69, 9.17) is 10.2 Å². The number of aliphatic hydroxyl groups is 1. The summed E-state index contributed by atoms with van der Waals surface area (Å²) in [5.41, 5.74) is -1.54. The van der Waals surface area contributed by atoms with E-state index < -0.39 is 34.1 Å². The molecule has 0 fully saturated rings. The predicted octanol–water partition coefficient (Wildman–Crippen LogP) is 1.61. The van der Waals surface area contributed by atoms with Gasteiger partial charge in [-0.05, 0) is 19.4 Å². The molecule has 0 aliphatic carbocycles. The zero-order chi connectivity index (χ0) is 14.6. The number of nitrogens with zero attached hydrogens (tertiary/aromatic N) is 1. The lowest BCUT2D eigenvalue weighted by atomic mass is 10.1. The topological polar surface area (TPSA) is 113 Å². The van der Waals surface area contributed by atoms with Crippen molar-refractivity contribution >= 4 is 17.3 Å². The van der Waals surface area contributed by atoms with E-state index in [2.05, 4.69) is 5.32 Å². The molecule has 104 valence electrons. The molecule has 7 nitrogen and oxygen atoms in total. The van der Waals surface area contributed by atoms with Gasteiger partial charge in [0.05, 0.1) is 22.8 Å². The van der Waals surface area contributed by atoms with Crippen LogP contribution in [0.25, 0.3) is 0 Å². The number of aliphatic hydroxyl groups excluding tert-OH is 1. The first-order chi connectivity index (χ1) is 8.82. The number of hydrogen-bond acceptors (Lipinski definition) is 5. The number of nitrogens with one attached hydrogen (secondary N) is 1. The van der Waals surface area contributed by atoms with Crippen molar-refractivity contribution in [1.82, 2.24) is 0 Å². The van der Waals surface area contributed by atoms with Crippen LogP contribution in [-0.2, 0) is 0 Å². The van der Waals surface area contributed by atoms with Gasteiger partial charge in [-0.15, -0.1) is 0 Å². The minimum Gasteiger partial charge on any atom is -0.477 e. The molecule has 0 aliphatic rings. The molecule has 0 spiro atoms. The van der Waals surface area contributed by atoms with Gasteiger partial charge < -0.3 is 15.5 Å². The summed E-state index contributed by atoms with van der Waals surface area (Å²) in [6.07, 6.45) is -0.258. The molecule has 0 aliphatic heterocycles. The second-order valence-corrected chi connectivity index (χ2v) is 3.98. The van der Waals surface area contributed by atoms with Crippen LogP contribution >= 0.6 is 0 Å². The predicted molar refractivity (Wildman–Crippen MR) is 64.8 cm³/mol. The van der Waals surface area contributed by atoms with Crippen LogP contribution in [-0.4, -0.2) is 33.8 Å². The molecule has 19 heavy (non-hydrogen) atoms. The van der Waals surface area contributed by atoms with E-state index in [1.54, 1.807) is 6.92 Å². The molecule has 0 saturated heterocycles. The molecule has 0 heterocycles. The summed E-state index contributed by atoms with van der Waals surface area (Å²) in [5.74, 6) is -2.42. The molecule has 3 N–H and O–H groups in total. The third-order valence-electron chi connectivity index (χ3n) is 2.39. The van der Waals surface area contributed by atoms with E-state index in [0.717, 1.165) is 6.07 Å². The Morgan fingerprint density at radius 3 is 2.68 bits per heavy atom. The molecule has 1 unspecified atom stereocenters. The maximum Gasteiger partial charge on any atom is 0.342 e. The van der Waals surface area contributed by atoms with Gasteiger partial charge in [-0.1, -0.05) is 0 Å². The van der Waals surface area contributed by atoms with Crippen molar-refractivity contribution in [2.45, 2.75) is 19.4 Å². The van der Waals surface area contributed by atoms with Crippen LogP contribution in [0.4, 0.5) is 15.8 Å². The van der Waals surface area contributed by atoms with Crippen molar-refractivity contribution < 1.29 is 24.3 Å². The van der Waals surface area contributed by atoms with Crippen LogP contribution in [0.3, 0.4) is 0 Å². The third kappa shape index (κ3) is 3.88. The highest BCUT2D eigenvalue weighted by molar-refractivity contribution is 5.93. The lowest BCUT2D eigenvalue weighted by Crippen LogP contribution is -2.12. The molecular weight excluding hydrogens is 259 g/mol. The Hall–Kier alpha value is -2.22. The van der Waals surface area contributed by atoms with Crippen LogP contribution in [0, 0.1) is 15.9 Å². The minimum absolute atomic E-state index is 0.149. The molecule has 0 saturated carbocycles. The number of carboxylic acids is 1. The fraction of sp³-hybridized carbons (Fsp3) is 0.364. The zero-order valence-corrected chi connectivity index (χ0v) is 10.1. The van der Waals surface area contributed by atoms with E-state index in [-0.39, 0.29) is 12.2 Å². The molecule has 1 aromatic carbocycles. The number of nitro groups is 1. The fourth-order valence-electron chi connectivity index (χ4n) is 1.44. The highest BCUT2D eigenvalue weighted by Crippen LogP contribution is 2.26. The summed E-state index contributed by atoms with van der Waals surface area (Å²) in [7, 11) is 0. The van der Waals surface area contributed by atoms with Gasteiger partial charge in [-0.2, -0.15) is 0 Å². The maximum atomic E-state index is 13.6. The molecule has 1 atom stereocenters. The monoisotopic (exact) mass is 272 g/mol. The van der Waals surface area contributed by atoms with Gasteiger partial charge in [0.15, 0.2) is 5.82 Å². The first-order valence-corrected chi connectivity index (χ1v) is 5.46. The standard InChI is InChI=1S/C11H13FN2O5/c1-6(15)2-3-13-9-4-7(11(16)17)10(14(18)19)5-8(9)12/h4-6,13,15H,2-3H2,1H3,(H,16,17). The molecule has 1 aromatic rings. The highest BCUT2D eigenvalue weighted by atomic mass is 19.1. The molecular formula is C11H13FN2O5. The Kier molecular flexibility index (Phi) is 4.76. The number of rotatable bonds is 6. The normalized spacial score (nSPS) is 11.9. The second kappa shape index (κ2) is 6.10. The maximum absolute atomic E-state index is 13.6. The lowest BCUT2D eigenvalue weighted by Gasteiger charge is -2.10. The molecule has 0 aromatic heterocycles. The van der Waals surface area contributed by atoms with Gasteiger partial charge in [0.2, 0.25) is 0 Å².